The topological polar surface area (TPSA) is 26.0 Å². The van der Waals surface area contributed by atoms with Gasteiger partial charge in [0.1, 0.15) is 0 Å². The maximum Gasteiger partial charge on any atom is 0.0639 e. The van der Waals surface area contributed by atoms with Gasteiger partial charge < -0.3 is 5.73 Å². The Balaban J connectivity index is 2.79. The maximum absolute atomic E-state index is 5.56. The van der Waals surface area contributed by atoms with Crippen LogP contribution in [0, 0.1) is 11.8 Å². The van der Waals surface area contributed by atoms with Crippen molar-refractivity contribution >= 4 is 0 Å². The molecule has 74 valence electrons. The molecule has 0 aromatic heterocycles. The molecule has 1 aromatic rings. The molecule has 0 bridgehead atoms. The smallest absolute Gasteiger partial charge is 0.0639 e. The van der Waals surface area contributed by atoms with E-state index in [9.17, 15) is 0 Å². The summed E-state index contributed by atoms with van der Waals surface area (Å²) < 4.78 is 0. The van der Waals surface area contributed by atoms with Crippen LogP contribution in [-0.4, -0.2) is 6.04 Å². The van der Waals surface area contributed by atoms with Crippen molar-refractivity contribution in [3.8, 4) is 11.8 Å². The van der Waals surface area contributed by atoms with E-state index in [2.05, 4.69) is 37.0 Å². The Bertz CT molecular complexity index is 342. The monoisotopic (exact) mass is 187 g/mol. The van der Waals surface area contributed by atoms with Gasteiger partial charge >= 0.3 is 0 Å². The molecule has 14 heavy (non-hydrogen) atoms. The fourth-order valence-corrected chi connectivity index (χ4v) is 1.29. The van der Waals surface area contributed by atoms with E-state index < -0.39 is 0 Å². The summed E-state index contributed by atoms with van der Waals surface area (Å²) in [5, 5.41) is 0. The second-order valence-electron chi connectivity index (χ2n) is 3.51. The van der Waals surface area contributed by atoms with Crippen molar-refractivity contribution in [3.05, 3.63) is 35.4 Å². The predicted molar refractivity (Wildman–Crippen MR) is 61.0 cm³/mol. The van der Waals surface area contributed by atoms with Gasteiger partial charge in [-0.25, -0.2) is 0 Å². The van der Waals surface area contributed by atoms with Crippen molar-refractivity contribution in [1.29, 1.82) is 0 Å². The Kier molecular flexibility index (Phi) is 4.22. The Morgan fingerprint density at radius 2 is 2.21 bits per heavy atom. The highest BCUT2D eigenvalue weighted by atomic mass is 14.6. The van der Waals surface area contributed by atoms with E-state index in [-0.39, 0.29) is 6.04 Å². The molecule has 2 N–H and O–H groups in total. The average Bonchev–Trinajstić information content (AvgIpc) is 2.16. The van der Waals surface area contributed by atoms with E-state index in [4.69, 9.17) is 5.73 Å². The molecule has 1 nitrogen and oxygen atoms in total. The Labute approximate surface area is 86.3 Å². The number of benzene rings is 1. The van der Waals surface area contributed by atoms with Gasteiger partial charge in [-0.05, 0) is 31.0 Å². The lowest BCUT2D eigenvalue weighted by atomic mass is 10.1. The van der Waals surface area contributed by atoms with Gasteiger partial charge in [0, 0.05) is 5.56 Å². The van der Waals surface area contributed by atoms with Crippen molar-refractivity contribution in [1.82, 2.24) is 0 Å². The highest BCUT2D eigenvalue weighted by Gasteiger charge is 1.92. The van der Waals surface area contributed by atoms with Crippen molar-refractivity contribution in [3.63, 3.8) is 0 Å². The van der Waals surface area contributed by atoms with Crippen LogP contribution in [0.15, 0.2) is 24.3 Å². The van der Waals surface area contributed by atoms with E-state index >= 15 is 0 Å². The Morgan fingerprint density at radius 1 is 1.43 bits per heavy atom. The molecule has 0 aliphatic rings. The van der Waals surface area contributed by atoms with E-state index in [0.29, 0.717) is 0 Å². The van der Waals surface area contributed by atoms with Crippen LogP contribution in [0.25, 0.3) is 0 Å². The lowest BCUT2D eigenvalue weighted by molar-refractivity contribution is 0.921. The summed E-state index contributed by atoms with van der Waals surface area (Å²) in [5.41, 5.74) is 7.98. The fourth-order valence-electron chi connectivity index (χ4n) is 1.29. The molecule has 0 saturated heterocycles. The first-order valence-corrected chi connectivity index (χ1v) is 5.08. The van der Waals surface area contributed by atoms with Gasteiger partial charge in [-0.1, -0.05) is 37.3 Å². The van der Waals surface area contributed by atoms with Crippen LogP contribution < -0.4 is 5.73 Å². The number of hydrogen-bond acceptors (Lipinski definition) is 1. The van der Waals surface area contributed by atoms with Gasteiger partial charge in [-0.3, -0.25) is 0 Å². The predicted octanol–water partition coefficient (Wildman–Crippen LogP) is 2.34. The molecule has 1 atom stereocenters. The van der Waals surface area contributed by atoms with Crippen LogP contribution in [0.3, 0.4) is 0 Å². The minimum Gasteiger partial charge on any atom is -0.318 e. The molecule has 0 heterocycles. The molecule has 1 rings (SSSR count). The molecule has 0 aliphatic carbocycles. The summed E-state index contributed by atoms with van der Waals surface area (Å²) in [6.45, 7) is 4.07. The van der Waals surface area contributed by atoms with Crippen molar-refractivity contribution < 1.29 is 0 Å². The van der Waals surface area contributed by atoms with Crippen LogP contribution in [0.1, 0.15) is 31.4 Å². The molecule has 1 aromatic carbocycles. The van der Waals surface area contributed by atoms with E-state index in [1.165, 1.54) is 12.0 Å². The second-order valence-corrected chi connectivity index (χ2v) is 3.51. The quantitative estimate of drug-likeness (QED) is 0.707. The third-order valence-electron chi connectivity index (χ3n) is 1.91. The molecular formula is C13H17N. The fraction of sp³-hybridized carbons (Fsp3) is 0.385. The summed E-state index contributed by atoms with van der Waals surface area (Å²) in [6, 6.07) is 8.30. The van der Waals surface area contributed by atoms with Crippen LogP contribution >= 0.6 is 0 Å². The first-order chi connectivity index (χ1) is 6.72. The average molecular weight is 187 g/mol. The largest absolute Gasteiger partial charge is 0.318 e. The van der Waals surface area contributed by atoms with E-state index in [0.717, 1.165) is 12.0 Å². The number of aryl methyl sites for hydroxylation is 1. The molecule has 0 saturated carbocycles. The van der Waals surface area contributed by atoms with Crippen LogP contribution in [0.2, 0.25) is 0 Å². The standard InChI is InChI=1S/C13H17N/c1-3-5-12-6-4-7-13(10-12)9-8-11(2)14/h4,6-7,10-11H,3,5,14H2,1-2H3. The number of hydrogen-bond donors (Lipinski definition) is 1. The number of rotatable bonds is 2. The second kappa shape index (κ2) is 5.47. The first-order valence-electron chi connectivity index (χ1n) is 5.08. The minimum absolute atomic E-state index is 0.0511. The lowest BCUT2D eigenvalue weighted by Gasteiger charge is -1.98. The normalized spacial score (nSPS) is 11.6. The molecule has 0 amide bonds. The highest BCUT2D eigenvalue weighted by molar-refractivity contribution is 5.37. The Hall–Kier alpha value is -1.26. The lowest BCUT2D eigenvalue weighted by Crippen LogP contribution is -2.10. The highest BCUT2D eigenvalue weighted by Crippen LogP contribution is 2.06. The third-order valence-corrected chi connectivity index (χ3v) is 1.91. The minimum atomic E-state index is -0.0511. The third kappa shape index (κ3) is 3.64. The SMILES string of the molecule is CCCc1cccc(C#CC(C)N)c1. The van der Waals surface area contributed by atoms with Crippen molar-refractivity contribution in [2.24, 2.45) is 5.73 Å². The van der Waals surface area contributed by atoms with Crippen LogP contribution in [0.5, 0.6) is 0 Å². The zero-order chi connectivity index (χ0) is 10.4. The first kappa shape index (κ1) is 10.8. The molecule has 1 unspecified atom stereocenters. The van der Waals surface area contributed by atoms with E-state index in [1.54, 1.807) is 0 Å². The van der Waals surface area contributed by atoms with Crippen molar-refractivity contribution in [2.75, 3.05) is 0 Å². The summed E-state index contributed by atoms with van der Waals surface area (Å²) in [5.74, 6) is 6.03. The molecular weight excluding hydrogens is 170 g/mol. The van der Waals surface area contributed by atoms with Gasteiger partial charge in [0.2, 0.25) is 0 Å². The summed E-state index contributed by atoms with van der Waals surface area (Å²) in [4.78, 5) is 0. The maximum atomic E-state index is 5.56. The molecule has 0 radical (unpaired) electrons. The Morgan fingerprint density at radius 3 is 2.86 bits per heavy atom. The zero-order valence-electron chi connectivity index (χ0n) is 8.88. The van der Waals surface area contributed by atoms with Gasteiger partial charge in [0.05, 0.1) is 6.04 Å². The van der Waals surface area contributed by atoms with Gasteiger partial charge in [-0.15, -0.1) is 0 Å². The molecule has 0 spiro atoms. The van der Waals surface area contributed by atoms with Gasteiger partial charge in [0.25, 0.3) is 0 Å². The van der Waals surface area contributed by atoms with Gasteiger partial charge in [-0.2, -0.15) is 0 Å². The number of nitrogens with two attached hydrogens (primary N) is 1. The summed E-state index contributed by atoms with van der Waals surface area (Å²) in [7, 11) is 0. The summed E-state index contributed by atoms with van der Waals surface area (Å²) >= 11 is 0. The molecule has 1 heteroatoms. The molecule has 0 aliphatic heterocycles. The van der Waals surface area contributed by atoms with Crippen LogP contribution in [0.4, 0.5) is 0 Å². The summed E-state index contributed by atoms with van der Waals surface area (Å²) in [6.07, 6.45) is 2.29. The van der Waals surface area contributed by atoms with Crippen molar-refractivity contribution in [2.45, 2.75) is 32.7 Å². The molecule has 0 fully saturated rings. The van der Waals surface area contributed by atoms with Gasteiger partial charge in [0.15, 0.2) is 0 Å². The van der Waals surface area contributed by atoms with E-state index in [1.807, 2.05) is 13.0 Å². The zero-order valence-corrected chi connectivity index (χ0v) is 8.88. The van der Waals surface area contributed by atoms with Crippen LogP contribution in [-0.2, 0) is 6.42 Å².